The Morgan fingerprint density at radius 3 is 2.00 bits per heavy atom. The van der Waals surface area contributed by atoms with Gasteiger partial charge in [-0.05, 0) is 24.7 Å². The zero-order chi connectivity index (χ0) is 7.84. The number of piperidine rings is 1. The molecule has 0 aromatic rings. The van der Waals surface area contributed by atoms with E-state index in [-0.39, 0.29) is 12.2 Å². The zero-order valence-electron chi connectivity index (χ0n) is 6.53. The first-order valence-electron chi connectivity index (χ1n) is 4.34. The van der Waals surface area contributed by atoms with Crippen LogP contribution in [0.5, 0.6) is 0 Å². The highest BCUT2D eigenvalue weighted by atomic mass is 16.3. The fourth-order valence-corrected chi connectivity index (χ4v) is 2.23. The lowest BCUT2D eigenvalue weighted by molar-refractivity contribution is -0.0482. The Kier molecular flexibility index (Phi) is 1.87. The molecule has 3 nitrogen and oxygen atoms in total. The lowest BCUT2D eigenvalue weighted by Gasteiger charge is -2.41. The van der Waals surface area contributed by atoms with Crippen LogP contribution in [-0.2, 0) is 0 Å². The SMILES string of the molecule is OC1CC(O)C2CNCC1C2. The Morgan fingerprint density at radius 2 is 1.45 bits per heavy atom. The first-order chi connectivity index (χ1) is 5.27. The second kappa shape index (κ2) is 2.73. The summed E-state index contributed by atoms with van der Waals surface area (Å²) in [5.74, 6) is 0.772. The van der Waals surface area contributed by atoms with Crippen LogP contribution in [0, 0.1) is 11.8 Å². The summed E-state index contributed by atoms with van der Waals surface area (Å²) in [6.07, 6.45) is 1.01. The molecule has 1 saturated heterocycles. The molecule has 0 spiro atoms. The normalized spacial score (nSPS) is 50.7. The summed E-state index contributed by atoms with van der Waals surface area (Å²) in [5.41, 5.74) is 0. The molecule has 11 heavy (non-hydrogen) atoms. The van der Waals surface area contributed by atoms with E-state index in [1.165, 1.54) is 0 Å². The molecule has 1 heterocycles. The van der Waals surface area contributed by atoms with E-state index in [2.05, 4.69) is 5.32 Å². The first kappa shape index (κ1) is 7.53. The Labute approximate surface area is 66.4 Å². The molecule has 0 radical (unpaired) electrons. The van der Waals surface area contributed by atoms with Crippen LogP contribution in [0.25, 0.3) is 0 Å². The van der Waals surface area contributed by atoms with Crippen LogP contribution in [0.4, 0.5) is 0 Å². The van der Waals surface area contributed by atoms with E-state index >= 15 is 0 Å². The summed E-state index contributed by atoms with van der Waals surface area (Å²) in [5, 5.41) is 22.2. The number of aliphatic hydroxyl groups is 2. The molecular weight excluding hydrogens is 142 g/mol. The van der Waals surface area contributed by atoms with Gasteiger partial charge in [0.05, 0.1) is 12.2 Å². The third kappa shape index (κ3) is 1.28. The maximum absolute atomic E-state index is 9.49. The number of hydrogen-bond acceptors (Lipinski definition) is 3. The highest BCUT2D eigenvalue weighted by Gasteiger charge is 2.37. The van der Waals surface area contributed by atoms with Crippen molar-refractivity contribution in [3.05, 3.63) is 0 Å². The van der Waals surface area contributed by atoms with Crippen LogP contribution in [0.2, 0.25) is 0 Å². The van der Waals surface area contributed by atoms with E-state index in [0.29, 0.717) is 18.3 Å². The van der Waals surface area contributed by atoms with Crippen molar-refractivity contribution in [1.82, 2.24) is 5.32 Å². The molecule has 2 aliphatic rings. The number of fused-ring (bicyclic) bond motifs is 2. The minimum atomic E-state index is -0.283. The largest absolute Gasteiger partial charge is 0.393 e. The molecule has 2 bridgehead atoms. The van der Waals surface area contributed by atoms with Crippen LogP contribution >= 0.6 is 0 Å². The van der Waals surface area contributed by atoms with Crippen molar-refractivity contribution in [3.63, 3.8) is 0 Å². The van der Waals surface area contributed by atoms with Gasteiger partial charge in [-0.3, -0.25) is 0 Å². The van der Waals surface area contributed by atoms with Crippen LogP contribution in [0.1, 0.15) is 12.8 Å². The molecule has 3 N–H and O–H groups in total. The lowest BCUT2D eigenvalue weighted by atomic mass is 9.75. The topological polar surface area (TPSA) is 52.5 Å². The van der Waals surface area contributed by atoms with Gasteiger partial charge in [-0.25, -0.2) is 0 Å². The smallest absolute Gasteiger partial charge is 0.0605 e. The van der Waals surface area contributed by atoms with Crippen LogP contribution in [-0.4, -0.2) is 35.5 Å². The minimum absolute atomic E-state index is 0.283. The summed E-state index contributed by atoms with van der Waals surface area (Å²) >= 11 is 0. The Hall–Kier alpha value is -0.120. The van der Waals surface area contributed by atoms with Crippen LogP contribution < -0.4 is 5.32 Å². The second-order valence-corrected chi connectivity index (χ2v) is 3.78. The summed E-state index contributed by atoms with van der Waals surface area (Å²) in [6.45, 7) is 1.84. The number of aliphatic hydroxyl groups excluding tert-OH is 2. The molecular formula is C8H15NO2. The van der Waals surface area contributed by atoms with E-state index in [4.69, 9.17) is 0 Å². The quantitative estimate of drug-likeness (QED) is 0.437. The van der Waals surface area contributed by atoms with E-state index < -0.39 is 0 Å². The summed E-state index contributed by atoms with van der Waals surface area (Å²) in [4.78, 5) is 0. The number of nitrogens with one attached hydrogen (secondary N) is 1. The number of rotatable bonds is 0. The van der Waals surface area contributed by atoms with Gasteiger partial charge in [0.1, 0.15) is 0 Å². The molecule has 64 valence electrons. The maximum Gasteiger partial charge on any atom is 0.0605 e. The molecule has 3 heteroatoms. The Balaban J connectivity index is 2.05. The maximum atomic E-state index is 9.49. The van der Waals surface area contributed by atoms with Gasteiger partial charge in [0.25, 0.3) is 0 Å². The molecule has 4 unspecified atom stereocenters. The van der Waals surface area contributed by atoms with E-state index in [9.17, 15) is 10.2 Å². The van der Waals surface area contributed by atoms with Crippen molar-refractivity contribution in [1.29, 1.82) is 0 Å². The molecule has 2 fully saturated rings. The fourth-order valence-electron chi connectivity index (χ4n) is 2.23. The number of hydrogen-bond donors (Lipinski definition) is 3. The Bertz CT molecular complexity index is 137. The molecule has 2 rings (SSSR count). The van der Waals surface area contributed by atoms with E-state index in [1.807, 2.05) is 0 Å². The van der Waals surface area contributed by atoms with E-state index in [0.717, 1.165) is 19.5 Å². The van der Waals surface area contributed by atoms with E-state index in [1.54, 1.807) is 0 Å². The standard InChI is InChI=1S/C8H15NO2/c10-7-2-8(11)6-1-5(7)3-9-4-6/h5-11H,1-4H2. The summed E-state index contributed by atoms with van der Waals surface area (Å²) in [6, 6.07) is 0. The monoisotopic (exact) mass is 157 g/mol. The van der Waals surface area contributed by atoms with Crippen LogP contribution in [0.15, 0.2) is 0 Å². The molecule has 1 aliphatic heterocycles. The molecule has 0 aromatic carbocycles. The van der Waals surface area contributed by atoms with Gasteiger partial charge in [-0.2, -0.15) is 0 Å². The lowest BCUT2D eigenvalue weighted by Crippen LogP contribution is -2.51. The second-order valence-electron chi connectivity index (χ2n) is 3.78. The zero-order valence-corrected chi connectivity index (χ0v) is 6.53. The average molecular weight is 157 g/mol. The third-order valence-electron chi connectivity index (χ3n) is 2.99. The molecule has 4 atom stereocenters. The highest BCUT2D eigenvalue weighted by Crippen LogP contribution is 2.31. The molecule has 1 aliphatic carbocycles. The van der Waals surface area contributed by atoms with Crippen molar-refractivity contribution >= 4 is 0 Å². The van der Waals surface area contributed by atoms with Crippen molar-refractivity contribution in [3.8, 4) is 0 Å². The van der Waals surface area contributed by atoms with Gasteiger partial charge in [0.15, 0.2) is 0 Å². The highest BCUT2D eigenvalue weighted by molar-refractivity contribution is 4.90. The van der Waals surface area contributed by atoms with Gasteiger partial charge in [0, 0.05) is 13.1 Å². The Morgan fingerprint density at radius 1 is 0.909 bits per heavy atom. The van der Waals surface area contributed by atoms with Gasteiger partial charge >= 0.3 is 0 Å². The molecule has 0 aromatic heterocycles. The van der Waals surface area contributed by atoms with Crippen molar-refractivity contribution in [2.75, 3.05) is 13.1 Å². The molecule has 0 amide bonds. The fraction of sp³-hybridized carbons (Fsp3) is 1.00. The predicted molar refractivity (Wildman–Crippen MR) is 41.1 cm³/mol. The summed E-state index contributed by atoms with van der Waals surface area (Å²) < 4.78 is 0. The van der Waals surface area contributed by atoms with Crippen molar-refractivity contribution < 1.29 is 10.2 Å². The van der Waals surface area contributed by atoms with Crippen molar-refractivity contribution in [2.24, 2.45) is 11.8 Å². The minimum Gasteiger partial charge on any atom is -0.393 e. The van der Waals surface area contributed by atoms with Gasteiger partial charge in [0.2, 0.25) is 0 Å². The van der Waals surface area contributed by atoms with Gasteiger partial charge < -0.3 is 15.5 Å². The first-order valence-corrected chi connectivity index (χ1v) is 4.34. The third-order valence-corrected chi connectivity index (χ3v) is 2.99. The van der Waals surface area contributed by atoms with Gasteiger partial charge in [-0.1, -0.05) is 0 Å². The average Bonchev–Trinajstić information content (AvgIpc) is 2.02. The molecule has 1 saturated carbocycles. The van der Waals surface area contributed by atoms with Gasteiger partial charge in [-0.15, -0.1) is 0 Å². The van der Waals surface area contributed by atoms with Crippen molar-refractivity contribution in [2.45, 2.75) is 25.0 Å². The predicted octanol–water partition coefficient (Wildman–Crippen LogP) is -0.662. The summed E-state index contributed by atoms with van der Waals surface area (Å²) in [7, 11) is 0. The van der Waals surface area contributed by atoms with Crippen LogP contribution in [0.3, 0.4) is 0 Å².